The van der Waals surface area contributed by atoms with Crippen LogP contribution in [0.2, 0.25) is 0 Å². The minimum Gasteiger partial charge on any atom is -0.288 e. The lowest BCUT2D eigenvalue weighted by Gasteiger charge is -2.14. The van der Waals surface area contributed by atoms with E-state index in [4.69, 9.17) is 17.2 Å². The minimum atomic E-state index is -0.0345. The monoisotopic (exact) mass is 412 g/mol. The van der Waals surface area contributed by atoms with E-state index >= 15 is 0 Å². The topological polar surface area (TPSA) is 33.2 Å². The van der Waals surface area contributed by atoms with Gasteiger partial charge in [0.25, 0.3) is 5.24 Å². The quantitative estimate of drug-likeness (QED) is 0.221. The highest BCUT2D eigenvalue weighted by molar-refractivity contribution is 8.19. The van der Waals surface area contributed by atoms with Crippen LogP contribution in [0.5, 0.6) is 0 Å². The number of carbonyl (C=O) groups excluding carboxylic acids is 1. The first-order valence-electron chi connectivity index (χ1n) is 9.27. The molecule has 29 heavy (non-hydrogen) atoms. The van der Waals surface area contributed by atoms with Crippen LogP contribution in [-0.2, 0) is 6.54 Å². The highest BCUT2D eigenvalue weighted by atomic mass is 32.2. The molecule has 1 saturated heterocycles. The second-order valence-electron chi connectivity index (χ2n) is 6.81. The van der Waals surface area contributed by atoms with Crippen LogP contribution < -0.4 is 0 Å². The molecule has 0 bridgehead atoms. The Bertz CT molecular complexity index is 1240. The Morgan fingerprint density at radius 3 is 2.10 bits per heavy atom. The molecule has 5 heteroatoms. The zero-order chi connectivity index (χ0) is 19.8. The van der Waals surface area contributed by atoms with Gasteiger partial charge in [0, 0.05) is 10.8 Å². The summed E-state index contributed by atoms with van der Waals surface area (Å²) in [6.45, 7) is 0.487. The van der Waals surface area contributed by atoms with Gasteiger partial charge in [-0.1, -0.05) is 78.9 Å². The fourth-order valence-corrected chi connectivity index (χ4v) is 4.78. The number of amides is 1. The van der Waals surface area contributed by atoms with Crippen molar-refractivity contribution in [1.29, 1.82) is 0 Å². The van der Waals surface area contributed by atoms with Gasteiger partial charge in [0.05, 0.1) is 22.5 Å². The highest BCUT2D eigenvalue weighted by Gasteiger charge is 2.31. The molecular formula is C24H16N2OS2. The summed E-state index contributed by atoms with van der Waals surface area (Å²) in [7, 11) is 0. The van der Waals surface area contributed by atoms with E-state index < -0.39 is 0 Å². The van der Waals surface area contributed by atoms with Crippen LogP contribution in [0.3, 0.4) is 0 Å². The van der Waals surface area contributed by atoms with Crippen LogP contribution in [0.25, 0.3) is 27.9 Å². The first-order chi connectivity index (χ1) is 14.2. The van der Waals surface area contributed by atoms with Crippen molar-refractivity contribution < 1.29 is 4.79 Å². The Hall–Kier alpha value is -3.02. The number of pyridine rings is 1. The smallest absolute Gasteiger partial charge is 0.288 e. The molecule has 0 aliphatic carbocycles. The second-order valence-corrected chi connectivity index (χ2v) is 8.19. The molecule has 0 radical (unpaired) electrons. The van der Waals surface area contributed by atoms with E-state index in [2.05, 4.69) is 12.1 Å². The summed E-state index contributed by atoms with van der Waals surface area (Å²) in [5, 5.41) is 2.07. The van der Waals surface area contributed by atoms with Gasteiger partial charge in [0.15, 0.2) is 0 Å². The van der Waals surface area contributed by atoms with Crippen molar-refractivity contribution in [2.24, 2.45) is 0 Å². The van der Waals surface area contributed by atoms with Crippen LogP contribution in [0.4, 0.5) is 4.79 Å². The maximum Gasteiger partial charge on any atom is 0.291 e. The molecule has 140 valence electrons. The fourth-order valence-electron chi connectivity index (χ4n) is 3.56. The van der Waals surface area contributed by atoms with Crippen molar-refractivity contribution in [3.05, 3.63) is 94.9 Å². The molecule has 0 N–H and O–H groups in total. The number of benzene rings is 3. The number of para-hydroxylation sites is 2. The van der Waals surface area contributed by atoms with Crippen molar-refractivity contribution in [2.45, 2.75) is 6.54 Å². The van der Waals surface area contributed by atoms with Crippen molar-refractivity contribution in [2.75, 3.05) is 0 Å². The molecule has 0 atom stereocenters. The number of hydrogen-bond acceptors (Lipinski definition) is 4. The van der Waals surface area contributed by atoms with Gasteiger partial charge < -0.3 is 0 Å². The van der Waals surface area contributed by atoms with Crippen molar-refractivity contribution in [3.8, 4) is 0 Å². The van der Waals surface area contributed by atoms with E-state index in [1.54, 1.807) is 4.90 Å². The van der Waals surface area contributed by atoms with Gasteiger partial charge in [-0.05, 0) is 41.1 Å². The van der Waals surface area contributed by atoms with E-state index in [-0.39, 0.29) is 5.24 Å². The van der Waals surface area contributed by atoms with Crippen LogP contribution in [0, 0.1) is 0 Å². The number of aromatic nitrogens is 1. The lowest BCUT2D eigenvalue weighted by Crippen LogP contribution is -2.26. The second kappa shape index (κ2) is 7.43. The summed E-state index contributed by atoms with van der Waals surface area (Å²) in [5.41, 5.74) is 3.97. The van der Waals surface area contributed by atoms with Crippen molar-refractivity contribution in [3.63, 3.8) is 0 Å². The average Bonchev–Trinajstić information content (AvgIpc) is 3.02. The summed E-state index contributed by atoms with van der Waals surface area (Å²) < 4.78 is 0. The maximum atomic E-state index is 12.7. The first kappa shape index (κ1) is 18.0. The normalized spacial score (nSPS) is 15.7. The predicted octanol–water partition coefficient (Wildman–Crippen LogP) is 6.43. The summed E-state index contributed by atoms with van der Waals surface area (Å²) in [6, 6.07) is 26.1. The summed E-state index contributed by atoms with van der Waals surface area (Å²) >= 11 is 6.88. The van der Waals surface area contributed by atoms with E-state index in [9.17, 15) is 4.79 Å². The number of thiocarbonyl (C=S) groups is 1. The molecule has 2 heterocycles. The molecule has 0 spiro atoms. The number of hydrogen-bond donors (Lipinski definition) is 0. The van der Waals surface area contributed by atoms with E-state index in [1.165, 1.54) is 11.8 Å². The Kier molecular flexibility index (Phi) is 4.62. The average molecular weight is 413 g/mol. The molecule has 1 fully saturated rings. The summed E-state index contributed by atoms with van der Waals surface area (Å²) in [6.07, 6.45) is 2.04. The molecule has 3 nitrogen and oxygen atoms in total. The Morgan fingerprint density at radius 2 is 1.45 bits per heavy atom. The lowest BCUT2D eigenvalue weighted by molar-refractivity contribution is 0.244. The number of thioether (sulfide) groups is 1. The third-order valence-corrected chi connectivity index (χ3v) is 6.46. The molecule has 1 aromatic heterocycles. The summed E-state index contributed by atoms with van der Waals surface area (Å²) in [4.78, 5) is 20.5. The van der Waals surface area contributed by atoms with Crippen LogP contribution in [0.1, 0.15) is 11.1 Å². The van der Waals surface area contributed by atoms with Gasteiger partial charge >= 0.3 is 0 Å². The van der Waals surface area contributed by atoms with Crippen LogP contribution >= 0.6 is 24.0 Å². The summed E-state index contributed by atoms with van der Waals surface area (Å²) in [5.74, 6) is 0. The van der Waals surface area contributed by atoms with Gasteiger partial charge in [-0.25, -0.2) is 4.98 Å². The molecule has 1 aliphatic rings. The molecule has 0 saturated carbocycles. The number of carbonyl (C=O) groups is 1. The van der Waals surface area contributed by atoms with Crippen LogP contribution in [0.15, 0.2) is 83.8 Å². The van der Waals surface area contributed by atoms with E-state index in [1.807, 2.05) is 72.8 Å². The predicted molar refractivity (Wildman–Crippen MR) is 125 cm³/mol. The number of fused-ring (bicyclic) bond motifs is 2. The van der Waals surface area contributed by atoms with Crippen molar-refractivity contribution >= 4 is 62.1 Å². The third kappa shape index (κ3) is 3.33. The molecular weight excluding hydrogens is 396 g/mol. The van der Waals surface area contributed by atoms with Gasteiger partial charge in [0.1, 0.15) is 4.99 Å². The number of nitrogens with zero attached hydrogens (tertiary/aromatic N) is 2. The highest BCUT2D eigenvalue weighted by Crippen LogP contribution is 2.37. The number of rotatable bonds is 3. The fraction of sp³-hybridized carbons (Fsp3) is 0.0417. The van der Waals surface area contributed by atoms with E-state index in [0.29, 0.717) is 11.5 Å². The third-order valence-electron chi connectivity index (χ3n) is 4.96. The molecule has 0 unspecified atom stereocenters. The molecule has 5 rings (SSSR count). The lowest BCUT2D eigenvalue weighted by atomic mass is 10.0. The minimum absolute atomic E-state index is 0.0345. The molecule has 4 aromatic rings. The zero-order valence-electron chi connectivity index (χ0n) is 15.4. The molecule has 1 amide bonds. The van der Waals surface area contributed by atoms with Gasteiger partial charge in [-0.15, -0.1) is 0 Å². The van der Waals surface area contributed by atoms with Gasteiger partial charge in [0.2, 0.25) is 0 Å². The van der Waals surface area contributed by atoms with Crippen molar-refractivity contribution in [1.82, 2.24) is 9.88 Å². The van der Waals surface area contributed by atoms with Crippen LogP contribution in [-0.4, -0.2) is 20.1 Å². The van der Waals surface area contributed by atoms with Gasteiger partial charge in [-0.3, -0.25) is 9.69 Å². The largest absolute Gasteiger partial charge is 0.291 e. The SMILES string of the molecule is O=C1SC(=Cc2c3ccccc3nc3ccccc23)C(=S)N1Cc1ccccc1. The van der Waals surface area contributed by atoms with Gasteiger partial charge in [-0.2, -0.15) is 0 Å². The molecule has 1 aliphatic heterocycles. The standard InChI is InChI=1S/C24H16N2OS2/c27-24-26(15-16-8-2-1-3-9-16)23(28)22(29-24)14-19-17-10-4-6-12-20(17)25-21-13-7-5-11-18(19)21/h1-14H,15H2. The Morgan fingerprint density at radius 1 is 0.862 bits per heavy atom. The van der Waals surface area contributed by atoms with E-state index in [0.717, 1.165) is 37.8 Å². The first-order valence-corrected chi connectivity index (χ1v) is 10.5. The zero-order valence-corrected chi connectivity index (χ0v) is 17.0. The maximum absolute atomic E-state index is 12.7. The Balaban J connectivity index is 1.61. The molecule has 3 aromatic carbocycles. The Labute approximate surface area is 178 Å².